The Balaban J connectivity index is 2.23. The van der Waals surface area contributed by atoms with Crippen LogP contribution in [0.5, 0.6) is 5.75 Å². The van der Waals surface area contributed by atoms with Crippen LogP contribution in [-0.2, 0) is 4.74 Å². The number of hydrogen-bond donors (Lipinski definition) is 1. The zero-order valence-electron chi connectivity index (χ0n) is 10.6. The van der Waals surface area contributed by atoms with Crippen LogP contribution in [0.15, 0.2) is 18.2 Å². The average molecular weight is 268 g/mol. The standard InChI is InChI=1S/C12H16N2O5/c1-18-12-6-9(2-3-11(12)14(16)17)13-4-5-19-10(7-13)8-15/h2-3,6,10,15H,4-5,7-8H2,1H3. The number of ether oxygens (including phenoxy) is 2. The SMILES string of the molecule is COc1cc(N2CCOC(CO)C2)ccc1[N+](=O)[O-]. The van der Waals surface area contributed by atoms with Gasteiger partial charge >= 0.3 is 5.69 Å². The summed E-state index contributed by atoms with van der Waals surface area (Å²) in [5.74, 6) is 0.231. The highest BCUT2D eigenvalue weighted by molar-refractivity contribution is 5.59. The molecule has 1 atom stereocenters. The first-order valence-electron chi connectivity index (χ1n) is 5.95. The predicted octanol–water partition coefficient (Wildman–Crippen LogP) is 0.801. The molecule has 1 aliphatic rings. The maximum Gasteiger partial charge on any atom is 0.311 e. The number of rotatable bonds is 4. The summed E-state index contributed by atoms with van der Waals surface area (Å²) in [4.78, 5) is 12.4. The van der Waals surface area contributed by atoms with Crippen LogP contribution in [0, 0.1) is 10.1 Å². The van der Waals surface area contributed by atoms with Gasteiger partial charge in [-0.3, -0.25) is 10.1 Å². The largest absolute Gasteiger partial charge is 0.490 e. The van der Waals surface area contributed by atoms with Gasteiger partial charge in [0.05, 0.1) is 31.4 Å². The van der Waals surface area contributed by atoms with Gasteiger partial charge < -0.3 is 19.5 Å². The summed E-state index contributed by atoms with van der Waals surface area (Å²) < 4.78 is 10.4. The highest BCUT2D eigenvalue weighted by Crippen LogP contribution is 2.31. The second kappa shape index (κ2) is 5.85. The molecular formula is C12H16N2O5. The van der Waals surface area contributed by atoms with Crippen molar-refractivity contribution in [3.63, 3.8) is 0 Å². The first-order valence-corrected chi connectivity index (χ1v) is 5.95. The fourth-order valence-electron chi connectivity index (χ4n) is 2.08. The van der Waals surface area contributed by atoms with Crippen LogP contribution in [0.3, 0.4) is 0 Å². The lowest BCUT2D eigenvalue weighted by atomic mass is 10.2. The van der Waals surface area contributed by atoms with Crippen LogP contribution in [-0.4, -0.2) is 49.5 Å². The van der Waals surface area contributed by atoms with E-state index in [1.165, 1.54) is 13.2 Å². The van der Waals surface area contributed by atoms with E-state index in [1.807, 2.05) is 4.90 Å². The summed E-state index contributed by atoms with van der Waals surface area (Å²) in [5.41, 5.74) is 0.766. The Morgan fingerprint density at radius 1 is 1.63 bits per heavy atom. The number of nitro groups is 1. The molecule has 1 aromatic rings. The topological polar surface area (TPSA) is 85.1 Å². The van der Waals surface area contributed by atoms with Crippen LogP contribution < -0.4 is 9.64 Å². The maximum absolute atomic E-state index is 10.8. The van der Waals surface area contributed by atoms with E-state index < -0.39 is 4.92 Å². The zero-order chi connectivity index (χ0) is 13.8. The summed E-state index contributed by atoms with van der Waals surface area (Å²) in [6.07, 6.45) is -0.227. The number of aliphatic hydroxyl groups excluding tert-OH is 1. The molecule has 1 unspecified atom stereocenters. The lowest BCUT2D eigenvalue weighted by molar-refractivity contribution is -0.385. The number of methoxy groups -OCH3 is 1. The third kappa shape index (κ3) is 2.94. The molecule has 1 aliphatic heterocycles. The fourth-order valence-corrected chi connectivity index (χ4v) is 2.08. The lowest BCUT2D eigenvalue weighted by Crippen LogP contribution is -2.44. The van der Waals surface area contributed by atoms with Crippen LogP contribution in [0.25, 0.3) is 0 Å². The van der Waals surface area contributed by atoms with E-state index in [4.69, 9.17) is 14.6 Å². The van der Waals surface area contributed by atoms with Crippen molar-refractivity contribution in [2.75, 3.05) is 38.3 Å². The molecule has 0 amide bonds. The van der Waals surface area contributed by atoms with Gasteiger partial charge in [0.1, 0.15) is 0 Å². The Hall–Kier alpha value is -1.86. The van der Waals surface area contributed by atoms with Crippen molar-refractivity contribution in [2.24, 2.45) is 0 Å². The van der Waals surface area contributed by atoms with E-state index in [0.717, 1.165) is 5.69 Å². The van der Waals surface area contributed by atoms with Crippen molar-refractivity contribution < 1.29 is 19.5 Å². The van der Waals surface area contributed by atoms with Crippen molar-refractivity contribution in [3.8, 4) is 5.75 Å². The molecule has 0 spiro atoms. The van der Waals surface area contributed by atoms with Crippen molar-refractivity contribution in [1.82, 2.24) is 0 Å². The van der Waals surface area contributed by atoms with E-state index in [1.54, 1.807) is 12.1 Å². The van der Waals surface area contributed by atoms with E-state index in [0.29, 0.717) is 19.7 Å². The smallest absolute Gasteiger partial charge is 0.311 e. The minimum absolute atomic E-state index is 0.0411. The Morgan fingerprint density at radius 2 is 2.42 bits per heavy atom. The minimum Gasteiger partial charge on any atom is -0.490 e. The normalized spacial score (nSPS) is 19.3. The highest BCUT2D eigenvalue weighted by Gasteiger charge is 2.22. The fraction of sp³-hybridized carbons (Fsp3) is 0.500. The number of aliphatic hydroxyl groups is 1. The molecule has 0 saturated carbocycles. The second-order valence-corrected chi connectivity index (χ2v) is 4.23. The first kappa shape index (κ1) is 13.6. The Bertz CT molecular complexity index is 465. The van der Waals surface area contributed by atoms with Crippen molar-refractivity contribution >= 4 is 11.4 Å². The third-order valence-electron chi connectivity index (χ3n) is 3.07. The van der Waals surface area contributed by atoms with Crippen LogP contribution >= 0.6 is 0 Å². The number of anilines is 1. The summed E-state index contributed by atoms with van der Waals surface area (Å²) in [6.45, 7) is 1.71. The minimum atomic E-state index is -0.474. The summed E-state index contributed by atoms with van der Waals surface area (Å²) in [6, 6.07) is 4.75. The molecule has 104 valence electrons. The monoisotopic (exact) mass is 268 g/mol. The number of benzene rings is 1. The number of nitrogens with zero attached hydrogens (tertiary/aromatic N) is 2. The van der Waals surface area contributed by atoms with Crippen molar-refractivity contribution in [1.29, 1.82) is 0 Å². The van der Waals surface area contributed by atoms with Crippen LogP contribution in [0.4, 0.5) is 11.4 Å². The Kier molecular flexibility index (Phi) is 4.18. The highest BCUT2D eigenvalue weighted by atomic mass is 16.6. The number of nitro benzene ring substituents is 1. The van der Waals surface area contributed by atoms with Gasteiger partial charge in [0, 0.05) is 30.9 Å². The van der Waals surface area contributed by atoms with Gasteiger partial charge in [-0.05, 0) is 6.07 Å². The molecule has 7 heteroatoms. The number of morpholine rings is 1. The molecule has 1 fully saturated rings. The summed E-state index contributed by atoms with van der Waals surface area (Å²) >= 11 is 0. The van der Waals surface area contributed by atoms with Gasteiger partial charge in [0.15, 0.2) is 5.75 Å². The van der Waals surface area contributed by atoms with Crippen molar-refractivity contribution in [2.45, 2.75) is 6.10 Å². The molecule has 1 saturated heterocycles. The van der Waals surface area contributed by atoms with E-state index >= 15 is 0 Å². The molecule has 1 N–H and O–H groups in total. The first-order chi connectivity index (χ1) is 9.15. The van der Waals surface area contributed by atoms with Gasteiger partial charge in [-0.2, -0.15) is 0 Å². The molecule has 0 radical (unpaired) electrons. The second-order valence-electron chi connectivity index (χ2n) is 4.23. The zero-order valence-corrected chi connectivity index (χ0v) is 10.6. The van der Waals surface area contributed by atoms with Gasteiger partial charge in [-0.25, -0.2) is 0 Å². The van der Waals surface area contributed by atoms with Crippen LogP contribution in [0.2, 0.25) is 0 Å². The van der Waals surface area contributed by atoms with E-state index in [9.17, 15) is 10.1 Å². The predicted molar refractivity (Wildman–Crippen MR) is 68.7 cm³/mol. The quantitative estimate of drug-likeness (QED) is 0.642. The molecule has 7 nitrogen and oxygen atoms in total. The van der Waals surface area contributed by atoms with Gasteiger partial charge in [0.25, 0.3) is 0 Å². The molecule has 2 rings (SSSR count). The molecule has 1 aromatic carbocycles. The van der Waals surface area contributed by atoms with E-state index in [-0.39, 0.29) is 24.1 Å². The molecular weight excluding hydrogens is 252 g/mol. The molecule has 19 heavy (non-hydrogen) atoms. The molecule has 0 aromatic heterocycles. The van der Waals surface area contributed by atoms with Gasteiger partial charge in [0.2, 0.25) is 0 Å². The van der Waals surface area contributed by atoms with Crippen molar-refractivity contribution in [3.05, 3.63) is 28.3 Å². The summed E-state index contributed by atoms with van der Waals surface area (Å²) in [7, 11) is 1.40. The average Bonchev–Trinajstić information content (AvgIpc) is 2.46. The molecule has 1 heterocycles. The third-order valence-corrected chi connectivity index (χ3v) is 3.07. The number of hydrogen-bond acceptors (Lipinski definition) is 6. The van der Waals surface area contributed by atoms with Crippen LogP contribution in [0.1, 0.15) is 0 Å². The lowest BCUT2D eigenvalue weighted by Gasteiger charge is -2.33. The van der Waals surface area contributed by atoms with Gasteiger partial charge in [-0.15, -0.1) is 0 Å². The van der Waals surface area contributed by atoms with Gasteiger partial charge in [-0.1, -0.05) is 0 Å². The maximum atomic E-state index is 10.8. The Morgan fingerprint density at radius 3 is 3.05 bits per heavy atom. The Labute approximate surface area is 110 Å². The molecule has 0 bridgehead atoms. The van der Waals surface area contributed by atoms with E-state index in [2.05, 4.69) is 0 Å². The summed E-state index contributed by atoms with van der Waals surface area (Å²) in [5, 5.41) is 19.9. The molecule has 0 aliphatic carbocycles.